The number of carbonyl (C=O) groups excluding carboxylic acids is 3. The molecule has 4 aromatic rings. The number of carboxylic acids is 1. The Labute approximate surface area is 396 Å². The van der Waals surface area contributed by atoms with Crippen LogP contribution in [0.3, 0.4) is 0 Å². The fourth-order valence-electron chi connectivity index (χ4n) is 8.48. The Hall–Kier alpha value is -5.42. The molecule has 16 heteroatoms. The first-order valence-corrected chi connectivity index (χ1v) is 23.1. The van der Waals surface area contributed by atoms with Crippen molar-refractivity contribution in [2.45, 2.75) is 64.8 Å². The van der Waals surface area contributed by atoms with Crippen LogP contribution in [0.2, 0.25) is 0 Å². The van der Waals surface area contributed by atoms with Crippen LogP contribution in [0.5, 0.6) is 0 Å². The molecule has 14 nitrogen and oxygen atoms in total. The Morgan fingerprint density at radius 2 is 1.00 bits per heavy atom. The highest BCUT2D eigenvalue weighted by Crippen LogP contribution is 2.42. The van der Waals surface area contributed by atoms with Gasteiger partial charge in [0, 0.05) is 84.8 Å². The lowest BCUT2D eigenvalue weighted by Gasteiger charge is -2.40. The summed E-state index contributed by atoms with van der Waals surface area (Å²) in [7, 11) is 1.39. The summed E-state index contributed by atoms with van der Waals surface area (Å²) in [5.41, 5.74) is 6.36. The Balaban J connectivity index is 0.000000194. The van der Waals surface area contributed by atoms with Gasteiger partial charge in [0.05, 0.1) is 41.7 Å². The van der Waals surface area contributed by atoms with Gasteiger partial charge in [-0.3, -0.25) is 19.8 Å². The van der Waals surface area contributed by atoms with Crippen LogP contribution in [0.15, 0.2) is 82.0 Å². The number of aliphatic carboxylic acids is 1. The zero-order chi connectivity index (χ0) is 46.8. The Kier molecular flexibility index (Phi) is 14.3. The zero-order valence-electron chi connectivity index (χ0n) is 37.6. The van der Waals surface area contributed by atoms with Gasteiger partial charge in [-0.1, -0.05) is 48.5 Å². The van der Waals surface area contributed by atoms with E-state index in [2.05, 4.69) is 52.7 Å². The van der Waals surface area contributed by atoms with E-state index < -0.39 is 23.1 Å². The average molecular weight is 1010 g/mol. The fourth-order valence-corrected chi connectivity index (χ4v) is 9.15. The van der Waals surface area contributed by atoms with Gasteiger partial charge in [0.15, 0.2) is 0 Å². The lowest BCUT2D eigenvalue weighted by molar-refractivity contribution is -0.133. The van der Waals surface area contributed by atoms with Crippen molar-refractivity contribution >= 4 is 79.3 Å². The van der Waals surface area contributed by atoms with Crippen LogP contribution in [0.25, 0.3) is 23.3 Å². The average Bonchev–Trinajstić information content (AvgIpc) is 3.49. The van der Waals surface area contributed by atoms with Gasteiger partial charge < -0.3 is 29.1 Å². The zero-order valence-corrected chi connectivity index (χ0v) is 40.8. The summed E-state index contributed by atoms with van der Waals surface area (Å²) in [6.07, 6.45) is 6.46. The van der Waals surface area contributed by atoms with E-state index in [4.69, 9.17) is 19.2 Å². The van der Waals surface area contributed by atoms with Crippen LogP contribution >= 0.6 is 31.9 Å². The first-order chi connectivity index (χ1) is 30.8. The summed E-state index contributed by atoms with van der Waals surface area (Å²) in [5, 5.41) is 9.93. The van der Waals surface area contributed by atoms with E-state index in [1.54, 1.807) is 28.3 Å². The molecule has 0 spiro atoms. The number of nitrogens with zero attached hydrogens (tertiary/aromatic N) is 6. The minimum Gasteiger partial charge on any atom is -0.478 e. The van der Waals surface area contributed by atoms with E-state index >= 15 is 0 Å². The van der Waals surface area contributed by atoms with Gasteiger partial charge in [-0.2, -0.15) is 0 Å². The topological polar surface area (TPSA) is 155 Å². The number of hydrogen-bond acceptors (Lipinski definition) is 11. The number of ether oxygens (including phenoxy) is 3. The number of halogens is 2. The molecule has 342 valence electrons. The molecule has 2 saturated heterocycles. The molecule has 2 aliphatic carbocycles. The molecule has 2 aliphatic heterocycles. The van der Waals surface area contributed by atoms with Crippen molar-refractivity contribution in [1.29, 1.82) is 0 Å². The van der Waals surface area contributed by atoms with Crippen molar-refractivity contribution < 1.29 is 38.5 Å². The van der Waals surface area contributed by atoms with E-state index in [-0.39, 0.29) is 29.8 Å². The number of fused-ring (bicyclic) bond motifs is 4. The van der Waals surface area contributed by atoms with Crippen molar-refractivity contribution in [3.05, 3.63) is 127 Å². The minimum absolute atomic E-state index is 0.163. The third kappa shape index (κ3) is 11.0. The molecule has 4 aliphatic rings. The Morgan fingerprint density at radius 3 is 1.38 bits per heavy atom. The summed E-state index contributed by atoms with van der Waals surface area (Å²) in [6.45, 7) is 15.9. The van der Waals surface area contributed by atoms with Gasteiger partial charge in [0.25, 0.3) is 0 Å². The molecule has 2 aromatic carbocycles. The monoisotopic (exact) mass is 1010 g/mol. The highest BCUT2D eigenvalue weighted by Gasteiger charge is 2.38. The molecule has 2 amide bonds. The van der Waals surface area contributed by atoms with Crippen LogP contribution in [0, 0.1) is 0 Å². The maximum atomic E-state index is 12.7. The maximum Gasteiger partial charge on any atom is 0.410 e. The number of esters is 1. The molecular formula is C49H54Br2N6O8. The van der Waals surface area contributed by atoms with E-state index in [1.807, 2.05) is 102 Å². The number of carbonyl (C=O) groups is 4. The molecule has 2 fully saturated rings. The number of aromatic nitrogens is 2. The van der Waals surface area contributed by atoms with Gasteiger partial charge in [-0.05, 0) is 120 Å². The van der Waals surface area contributed by atoms with Gasteiger partial charge in [0.2, 0.25) is 0 Å². The van der Waals surface area contributed by atoms with Gasteiger partial charge in [-0.15, -0.1) is 0 Å². The number of hydrogen-bond donors (Lipinski definition) is 1. The highest BCUT2D eigenvalue weighted by atomic mass is 79.9. The summed E-state index contributed by atoms with van der Waals surface area (Å²) < 4.78 is 17.7. The predicted molar refractivity (Wildman–Crippen MR) is 255 cm³/mol. The van der Waals surface area contributed by atoms with E-state index in [0.29, 0.717) is 69.2 Å². The van der Waals surface area contributed by atoms with Crippen molar-refractivity contribution in [1.82, 2.24) is 29.6 Å². The van der Waals surface area contributed by atoms with Crippen molar-refractivity contribution in [2.24, 2.45) is 0 Å². The van der Waals surface area contributed by atoms with Crippen LogP contribution < -0.4 is 0 Å². The van der Waals surface area contributed by atoms with E-state index in [9.17, 15) is 24.3 Å². The van der Waals surface area contributed by atoms with Crippen molar-refractivity contribution in [3.63, 3.8) is 0 Å². The number of rotatable bonds is 4. The van der Waals surface area contributed by atoms with Crippen molar-refractivity contribution in [3.8, 4) is 0 Å². The lowest BCUT2D eigenvalue weighted by atomic mass is 9.95. The first kappa shape index (κ1) is 47.5. The number of methoxy groups -OCH3 is 1. The van der Waals surface area contributed by atoms with Crippen molar-refractivity contribution in [2.75, 3.05) is 59.5 Å². The van der Waals surface area contributed by atoms with Crippen LogP contribution in [0.4, 0.5) is 9.59 Å². The second-order valence-corrected chi connectivity index (χ2v) is 20.0. The molecule has 2 unspecified atom stereocenters. The second-order valence-electron chi connectivity index (χ2n) is 18.2. The third-order valence-corrected chi connectivity index (χ3v) is 12.2. The molecule has 2 atom stereocenters. The lowest BCUT2D eigenvalue weighted by Crippen LogP contribution is -2.51. The van der Waals surface area contributed by atoms with Gasteiger partial charge >= 0.3 is 24.1 Å². The smallest absolute Gasteiger partial charge is 0.410 e. The molecule has 1 N–H and O–H groups in total. The summed E-state index contributed by atoms with van der Waals surface area (Å²) in [4.78, 5) is 67.4. The molecular weight excluding hydrogens is 960 g/mol. The molecule has 65 heavy (non-hydrogen) atoms. The number of piperazine rings is 2. The molecule has 8 rings (SSSR count). The van der Waals surface area contributed by atoms with Crippen LogP contribution in [0.1, 0.15) is 98.4 Å². The molecule has 4 heterocycles. The predicted octanol–water partition coefficient (Wildman–Crippen LogP) is 8.94. The highest BCUT2D eigenvalue weighted by molar-refractivity contribution is 9.10. The molecule has 0 saturated carbocycles. The third-order valence-electron chi connectivity index (χ3n) is 11.3. The standard InChI is InChI=1S/C25H28BrN3O4.C24H26BrN3O4/c1-25(2,3)33-24(31)29-11-9-28(10-12-29)22-18-8-6-5-7-16(18)13-20(23(30)32-4)19-14-17(26)15-27-21(19)22;1-24(2,3)32-23(31)28-10-8-27(9-11-28)21-17-7-5-4-6-15(17)12-19(22(29)30)18-13-16(25)14-26-20(18)21/h5-8,13-15,22H,9-12H2,1-4H3;4-7,12-14,21H,8-11H2,1-3H3,(H,29,30). The second kappa shape index (κ2) is 19.6. The molecule has 0 bridgehead atoms. The first-order valence-electron chi connectivity index (χ1n) is 21.5. The summed E-state index contributed by atoms with van der Waals surface area (Å²) >= 11 is 6.94. The Bertz CT molecular complexity index is 2530. The Morgan fingerprint density at radius 1 is 0.615 bits per heavy atom. The normalized spacial score (nSPS) is 18.7. The quantitative estimate of drug-likeness (QED) is 0.153. The van der Waals surface area contributed by atoms with E-state index in [1.165, 1.54) is 7.11 Å². The molecule has 0 radical (unpaired) electrons. The minimum atomic E-state index is -0.989. The number of benzene rings is 2. The summed E-state index contributed by atoms with van der Waals surface area (Å²) in [5.74, 6) is -1.39. The fraction of sp³-hybridized carbons (Fsp3) is 0.388. The number of carboxylic acid groups (broad SMARTS) is 1. The largest absolute Gasteiger partial charge is 0.478 e. The summed E-state index contributed by atoms with van der Waals surface area (Å²) in [6, 6.07) is 19.2. The van der Waals surface area contributed by atoms with Crippen LogP contribution in [-0.4, -0.2) is 129 Å². The van der Waals surface area contributed by atoms with E-state index in [0.717, 1.165) is 42.5 Å². The van der Waals surface area contributed by atoms with Gasteiger partial charge in [0.1, 0.15) is 11.2 Å². The SMILES string of the molecule is CC(C)(C)OC(=O)N1CCN(C2c3ccccc3C=C(C(=O)O)c3cc(Br)cnc32)CC1.COC(=O)C1=Cc2ccccc2C(N2CCN(C(=O)OC(C)(C)C)CC2)c2ncc(Br)cc21. The molecule has 2 aromatic heterocycles. The number of amides is 2. The number of pyridine rings is 2. The van der Waals surface area contributed by atoms with Crippen LogP contribution in [-0.2, 0) is 23.8 Å². The van der Waals surface area contributed by atoms with Gasteiger partial charge in [-0.25, -0.2) is 19.2 Å². The maximum absolute atomic E-state index is 12.7.